The minimum atomic E-state index is 0.0893. The molecule has 3 rings (SSSR count). The van der Waals surface area contributed by atoms with Gasteiger partial charge in [0, 0.05) is 0 Å². The fourth-order valence-corrected chi connectivity index (χ4v) is 2.16. The molecule has 3 aromatic rings. The second-order valence-electron chi connectivity index (χ2n) is 4.39. The van der Waals surface area contributed by atoms with Gasteiger partial charge in [0.2, 0.25) is 0 Å². The van der Waals surface area contributed by atoms with Crippen molar-refractivity contribution < 1.29 is 9.15 Å². The molecule has 0 aliphatic carbocycles. The third-order valence-electron chi connectivity index (χ3n) is 3.11. The van der Waals surface area contributed by atoms with E-state index in [1.165, 1.54) is 0 Å². The average Bonchev–Trinajstić information content (AvgIpc) is 2.87. The van der Waals surface area contributed by atoms with Crippen LogP contribution < -0.4 is 16.2 Å². The summed E-state index contributed by atoms with van der Waals surface area (Å²) in [5.41, 5.74) is 14.9. The SMILES string of the molecule is C=Nc1cc(-c2ccc3oc(N)nc3c2)ccc1OCN. The highest BCUT2D eigenvalue weighted by atomic mass is 16.5. The van der Waals surface area contributed by atoms with Gasteiger partial charge < -0.3 is 14.9 Å². The number of nitrogens with two attached hydrogens (primary N) is 2. The summed E-state index contributed by atoms with van der Waals surface area (Å²) in [7, 11) is 0. The number of aliphatic imine (C=N–C) groups is 1. The molecule has 6 heteroatoms. The topological polar surface area (TPSA) is 99.7 Å². The Morgan fingerprint density at radius 3 is 2.71 bits per heavy atom. The van der Waals surface area contributed by atoms with E-state index in [1.54, 1.807) is 0 Å². The van der Waals surface area contributed by atoms with Crippen molar-refractivity contribution in [3.05, 3.63) is 36.4 Å². The Morgan fingerprint density at radius 2 is 1.95 bits per heavy atom. The minimum Gasteiger partial charge on any atom is -0.476 e. The molecule has 6 nitrogen and oxygen atoms in total. The number of rotatable bonds is 4. The quantitative estimate of drug-likeness (QED) is 0.566. The Kier molecular flexibility index (Phi) is 3.29. The van der Waals surface area contributed by atoms with E-state index >= 15 is 0 Å². The first-order valence-corrected chi connectivity index (χ1v) is 6.31. The molecule has 4 N–H and O–H groups in total. The first-order valence-electron chi connectivity index (χ1n) is 6.31. The summed E-state index contributed by atoms with van der Waals surface area (Å²) in [5, 5.41) is 0. The van der Waals surface area contributed by atoms with Crippen LogP contribution in [0.3, 0.4) is 0 Å². The van der Waals surface area contributed by atoms with Gasteiger partial charge in [-0.25, -0.2) is 0 Å². The molecule has 21 heavy (non-hydrogen) atoms. The summed E-state index contributed by atoms with van der Waals surface area (Å²) in [4.78, 5) is 8.08. The number of hydrogen-bond acceptors (Lipinski definition) is 6. The van der Waals surface area contributed by atoms with Gasteiger partial charge in [0.05, 0.1) is 0 Å². The predicted octanol–water partition coefficient (Wildman–Crippen LogP) is 2.70. The summed E-state index contributed by atoms with van der Waals surface area (Å²) >= 11 is 0. The number of ether oxygens (including phenoxy) is 1. The van der Waals surface area contributed by atoms with E-state index in [0.717, 1.165) is 11.1 Å². The maximum absolute atomic E-state index is 5.55. The zero-order chi connectivity index (χ0) is 14.8. The van der Waals surface area contributed by atoms with Crippen molar-refractivity contribution in [2.75, 3.05) is 12.5 Å². The van der Waals surface area contributed by atoms with Crippen molar-refractivity contribution in [2.45, 2.75) is 0 Å². The van der Waals surface area contributed by atoms with Gasteiger partial charge in [-0.05, 0) is 42.1 Å². The van der Waals surface area contributed by atoms with Gasteiger partial charge in [-0.15, -0.1) is 0 Å². The van der Waals surface area contributed by atoms with Gasteiger partial charge >= 0.3 is 0 Å². The maximum atomic E-state index is 5.55. The second kappa shape index (κ2) is 5.26. The van der Waals surface area contributed by atoms with Crippen LogP contribution in [-0.2, 0) is 0 Å². The van der Waals surface area contributed by atoms with Gasteiger partial charge in [0.1, 0.15) is 23.7 Å². The number of oxazole rings is 1. The standard InChI is InChI=1S/C15H14N4O2/c1-18-11-6-9(2-4-13(11)20-8-16)10-3-5-14-12(7-10)19-15(17)21-14/h2-7H,1,8,16H2,(H2,17,19). The van der Waals surface area contributed by atoms with Crippen LogP contribution in [0.1, 0.15) is 0 Å². The van der Waals surface area contributed by atoms with Gasteiger partial charge in [-0.3, -0.25) is 10.7 Å². The average molecular weight is 282 g/mol. The summed E-state index contributed by atoms with van der Waals surface area (Å²) in [6.45, 7) is 3.64. The van der Waals surface area contributed by atoms with E-state index in [-0.39, 0.29) is 12.7 Å². The molecule has 0 saturated heterocycles. The number of aromatic nitrogens is 1. The first-order chi connectivity index (χ1) is 10.2. The second-order valence-corrected chi connectivity index (χ2v) is 4.39. The smallest absolute Gasteiger partial charge is 0.292 e. The molecule has 0 bridgehead atoms. The van der Waals surface area contributed by atoms with Crippen LogP contribution in [0.4, 0.5) is 11.7 Å². The van der Waals surface area contributed by atoms with E-state index in [9.17, 15) is 0 Å². The Balaban J connectivity index is 2.06. The molecule has 0 spiro atoms. The molecule has 106 valence electrons. The van der Waals surface area contributed by atoms with E-state index in [0.29, 0.717) is 22.5 Å². The normalized spacial score (nSPS) is 10.7. The summed E-state index contributed by atoms with van der Waals surface area (Å²) in [5.74, 6) is 0.600. The van der Waals surface area contributed by atoms with Crippen LogP contribution in [0.5, 0.6) is 5.75 Å². The van der Waals surface area contributed by atoms with Crippen LogP contribution in [0.25, 0.3) is 22.2 Å². The highest BCUT2D eigenvalue weighted by Gasteiger charge is 2.08. The van der Waals surface area contributed by atoms with E-state index in [1.807, 2.05) is 36.4 Å². The molecule has 0 amide bonds. The number of hydrogen-bond donors (Lipinski definition) is 2. The van der Waals surface area contributed by atoms with Crippen molar-refractivity contribution in [2.24, 2.45) is 10.7 Å². The predicted molar refractivity (Wildman–Crippen MR) is 82.7 cm³/mol. The zero-order valence-corrected chi connectivity index (χ0v) is 11.2. The van der Waals surface area contributed by atoms with E-state index in [4.69, 9.17) is 20.6 Å². The number of nitrogen functional groups attached to an aromatic ring is 1. The molecule has 0 aliphatic heterocycles. The summed E-state index contributed by atoms with van der Waals surface area (Å²) < 4.78 is 10.6. The van der Waals surface area contributed by atoms with E-state index in [2.05, 4.69) is 16.7 Å². The Labute approximate surface area is 121 Å². The molecular weight excluding hydrogens is 268 g/mol. The molecule has 1 aromatic heterocycles. The number of fused-ring (bicyclic) bond motifs is 1. The lowest BCUT2D eigenvalue weighted by Crippen LogP contribution is -2.07. The lowest BCUT2D eigenvalue weighted by Gasteiger charge is -2.08. The minimum absolute atomic E-state index is 0.0893. The van der Waals surface area contributed by atoms with Gasteiger partial charge in [0.15, 0.2) is 5.58 Å². The fraction of sp³-hybridized carbons (Fsp3) is 0.0667. The Bertz CT molecular complexity index is 811. The third-order valence-corrected chi connectivity index (χ3v) is 3.11. The van der Waals surface area contributed by atoms with Crippen LogP contribution >= 0.6 is 0 Å². The van der Waals surface area contributed by atoms with Crippen LogP contribution in [0.2, 0.25) is 0 Å². The zero-order valence-electron chi connectivity index (χ0n) is 11.2. The monoisotopic (exact) mass is 282 g/mol. The van der Waals surface area contributed by atoms with Crippen molar-refractivity contribution in [1.29, 1.82) is 0 Å². The summed E-state index contributed by atoms with van der Waals surface area (Å²) in [6.07, 6.45) is 0. The van der Waals surface area contributed by atoms with Crippen LogP contribution in [-0.4, -0.2) is 18.4 Å². The van der Waals surface area contributed by atoms with Crippen molar-refractivity contribution in [3.8, 4) is 16.9 Å². The largest absolute Gasteiger partial charge is 0.476 e. The molecule has 1 heterocycles. The molecular formula is C15H14N4O2. The van der Waals surface area contributed by atoms with Crippen molar-refractivity contribution in [1.82, 2.24) is 4.98 Å². The van der Waals surface area contributed by atoms with Gasteiger partial charge in [0.25, 0.3) is 6.01 Å². The maximum Gasteiger partial charge on any atom is 0.292 e. The van der Waals surface area contributed by atoms with Gasteiger partial charge in [-0.1, -0.05) is 12.1 Å². The van der Waals surface area contributed by atoms with E-state index < -0.39 is 0 Å². The highest BCUT2D eigenvalue weighted by Crippen LogP contribution is 2.33. The number of anilines is 1. The number of nitrogens with zero attached hydrogens (tertiary/aromatic N) is 2. The molecule has 0 unspecified atom stereocenters. The molecule has 0 saturated carbocycles. The Hall–Kier alpha value is -2.86. The first kappa shape index (κ1) is 13.1. The molecule has 0 radical (unpaired) electrons. The van der Waals surface area contributed by atoms with Crippen LogP contribution in [0.15, 0.2) is 45.8 Å². The third kappa shape index (κ3) is 2.44. The van der Waals surface area contributed by atoms with Crippen molar-refractivity contribution in [3.63, 3.8) is 0 Å². The van der Waals surface area contributed by atoms with Gasteiger partial charge in [-0.2, -0.15) is 4.98 Å². The van der Waals surface area contributed by atoms with Crippen LogP contribution in [0, 0.1) is 0 Å². The fourth-order valence-electron chi connectivity index (χ4n) is 2.16. The summed E-state index contributed by atoms with van der Waals surface area (Å²) in [6, 6.07) is 11.4. The molecule has 2 aromatic carbocycles. The molecule has 0 aliphatic rings. The molecule has 0 fully saturated rings. The number of benzene rings is 2. The lowest BCUT2D eigenvalue weighted by molar-refractivity contribution is 0.331. The lowest BCUT2D eigenvalue weighted by atomic mass is 10.0. The van der Waals surface area contributed by atoms with Crippen molar-refractivity contribution >= 4 is 29.5 Å². The molecule has 0 atom stereocenters. The Morgan fingerprint density at radius 1 is 1.19 bits per heavy atom. The highest BCUT2D eigenvalue weighted by molar-refractivity contribution is 5.82.